The summed E-state index contributed by atoms with van der Waals surface area (Å²) in [6.45, 7) is 4.43. The molecule has 1 amide bonds. The van der Waals surface area contributed by atoms with Crippen molar-refractivity contribution >= 4 is 28.7 Å². The number of H-pyrrole nitrogens is 1. The van der Waals surface area contributed by atoms with Gasteiger partial charge in [0.25, 0.3) is 5.56 Å². The average molecular weight is 415 g/mol. The lowest BCUT2D eigenvalue weighted by Gasteiger charge is -2.26. The minimum Gasteiger partial charge on any atom is -0.467 e. The molecule has 3 aromatic rings. The fraction of sp³-hybridized carbons (Fsp3) is 0.476. The van der Waals surface area contributed by atoms with Gasteiger partial charge in [-0.2, -0.15) is 0 Å². The second-order valence-electron chi connectivity index (χ2n) is 7.89. The van der Waals surface area contributed by atoms with Crippen LogP contribution in [0.3, 0.4) is 0 Å². The van der Waals surface area contributed by atoms with E-state index in [0.717, 1.165) is 37.3 Å². The molecule has 7 nitrogen and oxygen atoms in total. The molecule has 1 aliphatic rings. The average Bonchev–Trinajstić information content (AvgIpc) is 3.33. The van der Waals surface area contributed by atoms with Gasteiger partial charge in [-0.3, -0.25) is 14.2 Å². The number of aromatic nitrogens is 3. The van der Waals surface area contributed by atoms with Crippen molar-refractivity contribution in [2.75, 3.05) is 5.75 Å². The smallest absolute Gasteiger partial charge is 0.278 e. The summed E-state index contributed by atoms with van der Waals surface area (Å²) < 4.78 is 6.98. The number of fused-ring (bicyclic) bond motifs is 1. The number of rotatable bonds is 6. The number of carbonyl (C=O) groups excluding carboxylic acids is 1. The number of furan rings is 1. The largest absolute Gasteiger partial charge is 0.467 e. The minimum absolute atomic E-state index is 0.0151. The molecule has 0 aromatic carbocycles. The number of aromatic amines is 1. The van der Waals surface area contributed by atoms with E-state index in [9.17, 15) is 9.59 Å². The number of aryl methyl sites for hydroxylation is 1. The summed E-state index contributed by atoms with van der Waals surface area (Å²) in [5.74, 6) is 1.62. The molecular weight excluding hydrogens is 388 g/mol. The minimum atomic E-state index is -0.163. The van der Waals surface area contributed by atoms with Gasteiger partial charge in [0.2, 0.25) is 5.91 Å². The Morgan fingerprint density at radius 3 is 2.90 bits per heavy atom. The fourth-order valence-electron chi connectivity index (χ4n) is 3.82. The number of hydrogen-bond acceptors (Lipinski definition) is 5. The molecule has 29 heavy (non-hydrogen) atoms. The van der Waals surface area contributed by atoms with Gasteiger partial charge in [0.1, 0.15) is 11.3 Å². The molecule has 0 aliphatic heterocycles. The first-order valence-corrected chi connectivity index (χ1v) is 11.0. The standard InChI is InChI=1S/C21H26N4O3S/c1-13-5-7-15(8-6-13)23-18(26)12-29-21-24-17-10-14(2)22-19(17)20(27)25(21)11-16-4-3-9-28-16/h3-4,9-10,13,15,22H,5-8,11-12H2,1-2H3,(H,23,26). The molecule has 0 spiro atoms. The summed E-state index contributed by atoms with van der Waals surface area (Å²) in [4.78, 5) is 33.2. The monoisotopic (exact) mass is 414 g/mol. The molecule has 8 heteroatoms. The highest BCUT2D eigenvalue weighted by atomic mass is 32.2. The maximum atomic E-state index is 13.0. The van der Waals surface area contributed by atoms with Gasteiger partial charge < -0.3 is 14.7 Å². The van der Waals surface area contributed by atoms with Crippen LogP contribution in [0.4, 0.5) is 0 Å². The van der Waals surface area contributed by atoms with E-state index < -0.39 is 0 Å². The van der Waals surface area contributed by atoms with Gasteiger partial charge in [-0.1, -0.05) is 18.7 Å². The predicted octanol–water partition coefficient (Wildman–Crippen LogP) is 3.46. The van der Waals surface area contributed by atoms with Crippen LogP contribution >= 0.6 is 11.8 Å². The predicted molar refractivity (Wildman–Crippen MR) is 113 cm³/mol. The first-order chi connectivity index (χ1) is 14.0. The molecule has 0 radical (unpaired) electrons. The molecule has 3 aromatic heterocycles. The Morgan fingerprint density at radius 1 is 1.38 bits per heavy atom. The quantitative estimate of drug-likeness (QED) is 0.476. The van der Waals surface area contributed by atoms with Crippen LogP contribution in [-0.4, -0.2) is 32.2 Å². The van der Waals surface area contributed by atoms with Gasteiger partial charge in [0.05, 0.1) is 24.1 Å². The molecule has 154 valence electrons. The summed E-state index contributed by atoms with van der Waals surface area (Å²) >= 11 is 1.29. The highest BCUT2D eigenvalue weighted by Gasteiger charge is 2.21. The first kappa shape index (κ1) is 19.8. The number of nitrogens with one attached hydrogen (secondary N) is 2. The number of thioether (sulfide) groups is 1. The van der Waals surface area contributed by atoms with E-state index in [-0.39, 0.29) is 29.8 Å². The van der Waals surface area contributed by atoms with Crippen LogP contribution < -0.4 is 10.9 Å². The van der Waals surface area contributed by atoms with Gasteiger partial charge in [-0.15, -0.1) is 0 Å². The first-order valence-electron chi connectivity index (χ1n) is 10.0. The zero-order valence-corrected chi connectivity index (χ0v) is 17.6. The van der Waals surface area contributed by atoms with E-state index in [1.807, 2.05) is 19.1 Å². The van der Waals surface area contributed by atoms with Crippen molar-refractivity contribution in [2.45, 2.75) is 57.3 Å². The summed E-state index contributed by atoms with van der Waals surface area (Å²) in [5.41, 5.74) is 1.80. The second kappa shape index (κ2) is 8.49. The summed E-state index contributed by atoms with van der Waals surface area (Å²) in [6.07, 6.45) is 5.97. The highest BCUT2D eigenvalue weighted by molar-refractivity contribution is 7.99. The van der Waals surface area contributed by atoms with Crippen LogP contribution in [0, 0.1) is 12.8 Å². The summed E-state index contributed by atoms with van der Waals surface area (Å²) in [7, 11) is 0. The van der Waals surface area contributed by atoms with Gasteiger partial charge in [-0.05, 0) is 56.7 Å². The molecule has 4 rings (SSSR count). The van der Waals surface area contributed by atoms with Crippen LogP contribution in [0.1, 0.15) is 44.1 Å². The summed E-state index contributed by atoms with van der Waals surface area (Å²) in [5, 5.41) is 3.65. The van der Waals surface area contributed by atoms with Gasteiger partial charge in [-0.25, -0.2) is 4.98 Å². The van der Waals surface area contributed by atoms with E-state index in [1.54, 1.807) is 16.9 Å². The molecule has 0 atom stereocenters. The Bertz CT molecular complexity index is 1050. The molecular formula is C21H26N4O3S. The lowest BCUT2D eigenvalue weighted by Crippen LogP contribution is -2.38. The van der Waals surface area contributed by atoms with Gasteiger partial charge >= 0.3 is 0 Å². The molecule has 0 saturated heterocycles. The Kier molecular flexibility index (Phi) is 5.80. The van der Waals surface area contributed by atoms with Crippen molar-refractivity contribution in [3.05, 3.63) is 46.3 Å². The zero-order chi connectivity index (χ0) is 20.4. The van der Waals surface area contributed by atoms with E-state index in [4.69, 9.17) is 4.42 Å². The maximum absolute atomic E-state index is 13.0. The van der Waals surface area contributed by atoms with Crippen LogP contribution in [-0.2, 0) is 11.3 Å². The van der Waals surface area contributed by atoms with Crippen molar-refractivity contribution in [1.82, 2.24) is 19.9 Å². The van der Waals surface area contributed by atoms with Crippen LogP contribution in [0.15, 0.2) is 38.8 Å². The zero-order valence-electron chi connectivity index (χ0n) is 16.7. The molecule has 1 aliphatic carbocycles. The van der Waals surface area contributed by atoms with Crippen molar-refractivity contribution in [2.24, 2.45) is 5.92 Å². The fourth-order valence-corrected chi connectivity index (χ4v) is 4.63. The molecule has 0 bridgehead atoms. The third kappa shape index (κ3) is 4.58. The SMILES string of the molecule is Cc1cc2nc(SCC(=O)NC3CCC(C)CC3)n(Cc3ccco3)c(=O)c2[nH]1. The van der Waals surface area contributed by atoms with Crippen molar-refractivity contribution < 1.29 is 9.21 Å². The third-order valence-electron chi connectivity index (χ3n) is 5.44. The summed E-state index contributed by atoms with van der Waals surface area (Å²) in [6, 6.07) is 5.71. The Morgan fingerprint density at radius 2 is 2.17 bits per heavy atom. The molecule has 0 unspecified atom stereocenters. The van der Waals surface area contributed by atoms with Gasteiger partial charge in [0, 0.05) is 11.7 Å². The van der Waals surface area contributed by atoms with Gasteiger partial charge in [0.15, 0.2) is 5.16 Å². The van der Waals surface area contributed by atoms with E-state index in [2.05, 4.69) is 22.2 Å². The Hall–Kier alpha value is -2.48. The lowest BCUT2D eigenvalue weighted by molar-refractivity contribution is -0.119. The van der Waals surface area contributed by atoms with E-state index in [0.29, 0.717) is 22.0 Å². The molecule has 1 fully saturated rings. The van der Waals surface area contributed by atoms with Crippen molar-refractivity contribution in [3.63, 3.8) is 0 Å². The Balaban J connectivity index is 1.52. The van der Waals surface area contributed by atoms with Crippen LogP contribution in [0.25, 0.3) is 11.0 Å². The second-order valence-corrected chi connectivity index (χ2v) is 8.83. The number of amides is 1. The Labute approximate surface area is 173 Å². The van der Waals surface area contributed by atoms with Crippen molar-refractivity contribution in [3.8, 4) is 0 Å². The molecule has 1 saturated carbocycles. The maximum Gasteiger partial charge on any atom is 0.278 e. The number of nitrogens with zero attached hydrogens (tertiary/aromatic N) is 2. The number of carbonyl (C=O) groups is 1. The number of hydrogen-bond donors (Lipinski definition) is 2. The van der Waals surface area contributed by atoms with E-state index >= 15 is 0 Å². The lowest BCUT2D eigenvalue weighted by atomic mass is 9.87. The van der Waals surface area contributed by atoms with Crippen LogP contribution in [0.5, 0.6) is 0 Å². The topological polar surface area (TPSA) is 92.9 Å². The van der Waals surface area contributed by atoms with Crippen molar-refractivity contribution in [1.29, 1.82) is 0 Å². The normalized spacial score (nSPS) is 19.5. The van der Waals surface area contributed by atoms with E-state index in [1.165, 1.54) is 11.8 Å². The molecule has 2 N–H and O–H groups in total. The third-order valence-corrected chi connectivity index (χ3v) is 6.42. The molecule has 3 heterocycles. The van der Waals surface area contributed by atoms with Crippen LogP contribution in [0.2, 0.25) is 0 Å². The highest BCUT2D eigenvalue weighted by Crippen LogP contribution is 2.24.